The minimum Gasteiger partial charge on any atom is -0.0785 e. The Kier molecular flexibility index (Phi) is 6.14. The summed E-state index contributed by atoms with van der Waals surface area (Å²) in [6.45, 7) is 6.82. The molecule has 114 valence electrons. The van der Waals surface area contributed by atoms with Gasteiger partial charge in [0.1, 0.15) is 7.28 Å². The fourth-order valence-corrected chi connectivity index (χ4v) is 3.19. The normalized spacial score (nSPS) is 17.9. The smallest absolute Gasteiger partial charge is 0.0785 e. The van der Waals surface area contributed by atoms with Gasteiger partial charge in [0.15, 0.2) is 0 Å². The van der Waals surface area contributed by atoms with E-state index in [1.807, 2.05) is 0 Å². The van der Waals surface area contributed by atoms with Crippen LogP contribution in [-0.2, 0) is 12.8 Å². The SMILES string of the molecule is CC(C)(C)/C=C/c1cccc2c1CCCCBCCCC2. The third kappa shape index (κ3) is 5.73. The first kappa shape index (κ1) is 16.4. The Bertz CT molecular complexity index is 465. The summed E-state index contributed by atoms with van der Waals surface area (Å²) in [5.41, 5.74) is 4.95. The van der Waals surface area contributed by atoms with Crippen LogP contribution < -0.4 is 0 Å². The highest BCUT2D eigenvalue weighted by Crippen LogP contribution is 2.25. The first-order valence-corrected chi connectivity index (χ1v) is 8.86. The first-order chi connectivity index (χ1) is 10.1. The lowest BCUT2D eigenvalue weighted by molar-refractivity contribution is 0.547. The Labute approximate surface area is 132 Å². The van der Waals surface area contributed by atoms with Crippen LogP contribution in [0.5, 0.6) is 0 Å². The lowest BCUT2D eigenvalue weighted by Crippen LogP contribution is -2.01. The molecule has 1 aliphatic rings. The molecule has 0 N–H and O–H groups in total. The molecule has 1 aromatic rings. The monoisotopic (exact) mass is 282 g/mol. The van der Waals surface area contributed by atoms with Crippen molar-refractivity contribution in [3.05, 3.63) is 41.0 Å². The van der Waals surface area contributed by atoms with E-state index in [-0.39, 0.29) is 5.41 Å². The fraction of sp³-hybridized carbons (Fsp3) is 0.600. The summed E-state index contributed by atoms with van der Waals surface area (Å²) in [6.07, 6.45) is 15.6. The van der Waals surface area contributed by atoms with E-state index in [1.165, 1.54) is 64.0 Å². The minimum absolute atomic E-state index is 0.260. The van der Waals surface area contributed by atoms with Crippen LogP contribution in [0.1, 0.15) is 63.1 Å². The molecule has 2 rings (SSSR count). The molecule has 0 bridgehead atoms. The molecule has 0 fully saturated rings. The van der Waals surface area contributed by atoms with Crippen LogP contribution >= 0.6 is 0 Å². The quantitative estimate of drug-likeness (QED) is 0.581. The van der Waals surface area contributed by atoms with E-state index in [4.69, 9.17) is 0 Å². The molecule has 0 atom stereocenters. The highest BCUT2D eigenvalue weighted by atomic mass is 14.1. The maximum absolute atomic E-state index is 2.36. The number of hydrogen-bond donors (Lipinski definition) is 0. The van der Waals surface area contributed by atoms with Gasteiger partial charge in [-0.15, -0.1) is 0 Å². The molecule has 1 aliphatic heterocycles. The van der Waals surface area contributed by atoms with E-state index < -0.39 is 0 Å². The Hall–Kier alpha value is -0.975. The number of aryl methyl sites for hydroxylation is 1. The van der Waals surface area contributed by atoms with E-state index in [2.05, 4.69) is 51.1 Å². The van der Waals surface area contributed by atoms with E-state index in [9.17, 15) is 0 Å². The van der Waals surface area contributed by atoms with E-state index in [0.717, 1.165) is 0 Å². The van der Waals surface area contributed by atoms with Crippen LogP contribution in [0.25, 0.3) is 6.08 Å². The Morgan fingerprint density at radius 3 is 2.38 bits per heavy atom. The highest BCUT2D eigenvalue weighted by Gasteiger charge is 2.10. The zero-order valence-corrected chi connectivity index (χ0v) is 14.3. The predicted molar refractivity (Wildman–Crippen MR) is 97.6 cm³/mol. The molecule has 0 radical (unpaired) electrons. The van der Waals surface area contributed by atoms with Crippen molar-refractivity contribution < 1.29 is 0 Å². The second kappa shape index (κ2) is 7.87. The molecule has 0 aromatic heterocycles. The van der Waals surface area contributed by atoms with Gasteiger partial charge in [0, 0.05) is 0 Å². The zero-order valence-electron chi connectivity index (χ0n) is 14.3. The van der Waals surface area contributed by atoms with Gasteiger partial charge in [-0.05, 0) is 47.8 Å². The topological polar surface area (TPSA) is 0 Å². The summed E-state index contributed by atoms with van der Waals surface area (Å²) in [6, 6.07) is 6.92. The summed E-state index contributed by atoms with van der Waals surface area (Å²) < 4.78 is 0. The molecule has 1 aromatic carbocycles. The van der Waals surface area contributed by atoms with Crippen molar-refractivity contribution in [3.63, 3.8) is 0 Å². The van der Waals surface area contributed by atoms with Crippen molar-refractivity contribution in [2.24, 2.45) is 5.41 Å². The van der Waals surface area contributed by atoms with E-state index in [0.29, 0.717) is 0 Å². The Balaban J connectivity index is 2.24. The lowest BCUT2D eigenvalue weighted by atomic mass is 9.68. The number of rotatable bonds is 1. The van der Waals surface area contributed by atoms with Gasteiger partial charge < -0.3 is 0 Å². The maximum Gasteiger partial charge on any atom is 0.120 e. The molecule has 1 heterocycles. The third-order valence-corrected chi connectivity index (χ3v) is 4.45. The van der Waals surface area contributed by atoms with Crippen molar-refractivity contribution in [2.45, 2.75) is 71.9 Å². The first-order valence-electron chi connectivity index (χ1n) is 8.86. The van der Waals surface area contributed by atoms with Crippen LogP contribution in [0.15, 0.2) is 24.3 Å². The summed E-state index contributed by atoms with van der Waals surface area (Å²) in [4.78, 5) is 0. The van der Waals surface area contributed by atoms with Gasteiger partial charge in [-0.2, -0.15) is 0 Å². The molecule has 0 unspecified atom stereocenters. The molecule has 21 heavy (non-hydrogen) atoms. The van der Waals surface area contributed by atoms with Gasteiger partial charge in [0.05, 0.1) is 0 Å². The molecule has 0 saturated heterocycles. The molecular weight excluding hydrogens is 251 g/mol. The number of fused-ring (bicyclic) bond motifs is 1. The molecular formula is C20H31B. The molecule has 0 nitrogen and oxygen atoms in total. The van der Waals surface area contributed by atoms with Crippen molar-refractivity contribution in [2.75, 3.05) is 0 Å². The Morgan fingerprint density at radius 1 is 0.952 bits per heavy atom. The van der Waals surface area contributed by atoms with Gasteiger partial charge in [-0.25, -0.2) is 0 Å². The van der Waals surface area contributed by atoms with Crippen molar-refractivity contribution >= 4 is 13.4 Å². The van der Waals surface area contributed by atoms with Crippen LogP contribution in [0.3, 0.4) is 0 Å². The predicted octanol–water partition coefficient (Wildman–Crippen LogP) is 5.68. The molecule has 1 heteroatoms. The molecule has 0 amide bonds. The van der Waals surface area contributed by atoms with Gasteiger partial charge in [0.2, 0.25) is 0 Å². The Morgan fingerprint density at radius 2 is 1.67 bits per heavy atom. The van der Waals surface area contributed by atoms with Crippen LogP contribution in [0, 0.1) is 5.41 Å². The summed E-state index contributed by atoms with van der Waals surface area (Å²) >= 11 is 0. The number of allylic oxidation sites excluding steroid dienone is 1. The van der Waals surface area contributed by atoms with Crippen LogP contribution in [0.2, 0.25) is 12.6 Å². The summed E-state index contributed by atoms with van der Waals surface area (Å²) in [5, 5.41) is 0. The molecule has 0 saturated carbocycles. The molecule has 0 aliphatic carbocycles. The summed E-state index contributed by atoms with van der Waals surface area (Å²) in [5.74, 6) is 0. The average Bonchev–Trinajstić information content (AvgIpc) is 2.48. The number of hydrogen-bond acceptors (Lipinski definition) is 0. The van der Waals surface area contributed by atoms with Gasteiger partial charge in [-0.1, -0.05) is 76.6 Å². The summed E-state index contributed by atoms with van der Waals surface area (Å²) in [7, 11) is 1.44. The second-order valence-corrected chi connectivity index (χ2v) is 7.66. The van der Waals surface area contributed by atoms with Gasteiger partial charge in [-0.3, -0.25) is 0 Å². The van der Waals surface area contributed by atoms with Gasteiger partial charge >= 0.3 is 0 Å². The van der Waals surface area contributed by atoms with Crippen molar-refractivity contribution in [3.8, 4) is 0 Å². The number of benzene rings is 1. The average molecular weight is 282 g/mol. The minimum atomic E-state index is 0.260. The maximum atomic E-state index is 2.36. The highest BCUT2D eigenvalue weighted by molar-refractivity contribution is 6.35. The lowest BCUT2D eigenvalue weighted by Gasteiger charge is -2.15. The van der Waals surface area contributed by atoms with Gasteiger partial charge in [0.25, 0.3) is 0 Å². The van der Waals surface area contributed by atoms with E-state index >= 15 is 0 Å². The van der Waals surface area contributed by atoms with Crippen LogP contribution in [0.4, 0.5) is 0 Å². The standard InChI is InChI=1S/C20H31B/c1-20(2,3)14-13-18-11-8-10-17-9-4-6-15-21-16-7-5-12-19(17)18/h8,10-11,13-14,21H,4-7,9,12,15-16H2,1-3H3/b14-13+. The fourth-order valence-electron chi connectivity index (χ4n) is 3.19. The molecule has 0 spiro atoms. The second-order valence-electron chi connectivity index (χ2n) is 7.66. The van der Waals surface area contributed by atoms with E-state index in [1.54, 1.807) is 11.1 Å². The third-order valence-electron chi connectivity index (χ3n) is 4.45. The van der Waals surface area contributed by atoms with Crippen molar-refractivity contribution in [1.29, 1.82) is 0 Å². The largest absolute Gasteiger partial charge is 0.120 e. The van der Waals surface area contributed by atoms with Crippen molar-refractivity contribution in [1.82, 2.24) is 0 Å². The zero-order chi connectivity index (χ0) is 15.1. The van der Waals surface area contributed by atoms with Crippen LogP contribution in [-0.4, -0.2) is 7.28 Å².